The number of carbonyl (C=O) groups excluding carboxylic acids is 4. The second kappa shape index (κ2) is 8.36. The van der Waals surface area contributed by atoms with Crippen LogP contribution in [0.4, 0.5) is 10.5 Å². The standard InChI is InChI=1S/C19H14ClN3O5/c20-14-9-11(8-13-17(25)22-19(27)23-18(13)26)6-7-15(14)28-10-16(24)21-12-4-2-1-3-5-12/h1-9H,10H2,(H,21,24)(H2,22,23,25,26,27). The average Bonchev–Trinajstić information content (AvgIpc) is 2.65. The Kier molecular flexibility index (Phi) is 5.71. The van der Waals surface area contributed by atoms with E-state index >= 15 is 0 Å². The van der Waals surface area contributed by atoms with Crippen LogP contribution in [0.1, 0.15) is 5.56 Å². The third kappa shape index (κ3) is 4.74. The van der Waals surface area contributed by atoms with Crippen LogP contribution in [0.3, 0.4) is 0 Å². The van der Waals surface area contributed by atoms with Gasteiger partial charge in [0, 0.05) is 5.69 Å². The fraction of sp³-hybridized carbons (Fsp3) is 0.0526. The molecule has 0 unspecified atom stereocenters. The summed E-state index contributed by atoms with van der Waals surface area (Å²) in [6.45, 7) is -0.248. The third-order valence-electron chi connectivity index (χ3n) is 3.63. The molecule has 0 bridgehead atoms. The van der Waals surface area contributed by atoms with E-state index in [1.165, 1.54) is 18.2 Å². The van der Waals surface area contributed by atoms with Gasteiger partial charge in [0.25, 0.3) is 17.7 Å². The van der Waals surface area contributed by atoms with Gasteiger partial charge in [0.2, 0.25) is 0 Å². The number of urea groups is 1. The number of hydrogen-bond acceptors (Lipinski definition) is 5. The molecule has 28 heavy (non-hydrogen) atoms. The minimum Gasteiger partial charge on any atom is -0.482 e. The van der Waals surface area contributed by atoms with Crippen molar-refractivity contribution in [3.8, 4) is 5.75 Å². The van der Waals surface area contributed by atoms with Crippen LogP contribution in [-0.2, 0) is 14.4 Å². The molecule has 5 amide bonds. The first kappa shape index (κ1) is 19.1. The molecule has 0 atom stereocenters. The fourth-order valence-corrected chi connectivity index (χ4v) is 2.60. The largest absolute Gasteiger partial charge is 0.482 e. The molecule has 0 saturated carbocycles. The van der Waals surface area contributed by atoms with Crippen LogP contribution in [0.2, 0.25) is 5.02 Å². The first-order valence-corrected chi connectivity index (χ1v) is 8.46. The van der Waals surface area contributed by atoms with Gasteiger partial charge in [0.05, 0.1) is 5.02 Å². The van der Waals surface area contributed by atoms with Crippen molar-refractivity contribution in [3.05, 3.63) is 64.7 Å². The van der Waals surface area contributed by atoms with Gasteiger partial charge in [-0.2, -0.15) is 0 Å². The molecule has 0 spiro atoms. The molecular weight excluding hydrogens is 386 g/mol. The van der Waals surface area contributed by atoms with Crippen LogP contribution < -0.4 is 20.7 Å². The van der Waals surface area contributed by atoms with Gasteiger partial charge in [-0.3, -0.25) is 25.0 Å². The summed E-state index contributed by atoms with van der Waals surface area (Å²) >= 11 is 6.15. The molecule has 142 valence electrons. The maximum Gasteiger partial charge on any atom is 0.328 e. The predicted molar refractivity (Wildman–Crippen MR) is 102 cm³/mol. The Hall–Kier alpha value is -3.65. The summed E-state index contributed by atoms with van der Waals surface area (Å²) in [6, 6.07) is 12.6. The first-order chi connectivity index (χ1) is 13.4. The van der Waals surface area contributed by atoms with Gasteiger partial charge in [-0.1, -0.05) is 35.9 Å². The van der Waals surface area contributed by atoms with E-state index in [4.69, 9.17) is 16.3 Å². The molecule has 0 aliphatic carbocycles. The molecule has 1 saturated heterocycles. The number of barbiturate groups is 1. The van der Waals surface area contributed by atoms with Crippen LogP contribution in [0, 0.1) is 0 Å². The summed E-state index contributed by atoms with van der Waals surface area (Å²) < 4.78 is 5.40. The molecule has 8 nitrogen and oxygen atoms in total. The molecule has 1 heterocycles. The summed E-state index contributed by atoms with van der Waals surface area (Å²) in [7, 11) is 0. The highest BCUT2D eigenvalue weighted by Gasteiger charge is 2.27. The van der Waals surface area contributed by atoms with E-state index in [-0.39, 0.29) is 28.9 Å². The summed E-state index contributed by atoms with van der Waals surface area (Å²) in [6.07, 6.45) is 1.29. The number of halogens is 1. The number of anilines is 1. The minimum absolute atomic E-state index is 0.189. The molecule has 3 N–H and O–H groups in total. The molecule has 0 aromatic heterocycles. The van der Waals surface area contributed by atoms with E-state index in [1.54, 1.807) is 30.3 Å². The Balaban J connectivity index is 1.65. The first-order valence-electron chi connectivity index (χ1n) is 8.08. The van der Waals surface area contributed by atoms with E-state index in [9.17, 15) is 19.2 Å². The Labute approximate surface area is 164 Å². The van der Waals surface area contributed by atoms with E-state index in [0.717, 1.165) is 0 Å². The number of amides is 5. The van der Waals surface area contributed by atoms with Crippen LogP contribution in [0.25, 0.3) is 6.08 Å². The highest BCUT2D eigenvalue weighted by Crippen LogP contribution is 2.26. The van der Waals surface area contributed by atoms with Crippen molar-refractivity contribution >= 4 is 47.1 Å². The summed E-state index contributed by atoms with van der Waals surface area (Å²) in [5, 5.41) is 6.82. The van der Waals surface area contributed by atoms with Gasteiger partial charge in [0.1, 0.15) is 11.3 Å². The maximum absolute atomic E-state index is 11.9. The minimum atomic E-state index is -0.872. The van der Waals surface area contributed by atoms with Crippen molar-refractivity contribution in [2.45, 2.75) is 0 Å². The number of ether oxygens (including phenoxy) is 1. The zero-order valence-corrected chi connectivity index (χ0v) is 15.1. The molecule has 0 radical (unpaired) electrons. The van der Waals surface area contributed by atoms with Gasteiger partial charge in [-0.05, 0) is 35.9 Å². The summed E-state index contributed by atoms with van der Waals surface area (Å²) in [4.78, 5) is 46.5. The number of carbonyl (C=O) groups is 4. The Bertz CT molecular complexity index is 966. The van der Waals surface area contributed by atoms with E-state index in [2.05, 4.69) is 5.32 Å². The number of rotatable bonds is 5. The smallest absolute Gasteiger partial charge is 0.328 e. The number of hydrogen-bond donors (Lipinski definition) is 3. The van der Waals surface area contributed by atoms with E-state index in [0.29, 0.717) is 11.3 Å². The summed E-state index contributed by atoms with van der Waals surface area (Å²) in [5.41, 5.74) is 0.860. The van der Waals surface area contributed by atoms with Gasteiger partial charge >= 0.3 is 6.03 Å². The molecule has 2 aromatic carbocycles. The number of benzene rings is 2. The zero-order valence-electron chi connectivity index (χ0n) is 14.3. The average molecular weight is 400 g/mol. The molecular formula is C19H14ClN3O5. The molecule has 1 fully saturated rings. The quantitative estimate of drug-likeness (QED) is 0.526. The van der Waals surface area contributed by atoms with Crippen molar-refractivity contribution in [1.82, 2.24) is 10.6 Å². The Morgan fingerprint density at radius 3 is 2.36 bits per heavy atom. The SMILES string of the molecule is O=C(COc1ccc(C=C2C(=O)NC(=O)NC2=O)cc1Cl)Nc1ccccc1. The van der Waals surface area contributed by atoms with Gasteiger partial charge < -0.3 is 10.1 Å². The van der Waals surface area contributed by atoms with Crippen molar-refractivity contribution in [2.75, 3.05) is 11.9 Å². The van der Waals surface area contributed by atoms with Crippen molar-refractivity contribution in [2.24, 2.45) is 0 Å². The van der Waals surface area contributed by atoms with Crippen molar-refractivity contribution < 1.29 is 23.9 Å². The summed E-state index contributed by atoms with van der Waals surface area (Å²) in [5.74, 6) is -1.70. The van der Waals surface area contributed by atoms with Crippen LogP contribution in [-0.4, -0.2) is 30.4 Å². The Morgan fingerprint density at radius 2 is 1.71 bits per heavy atom. The van der Waals surface area contributed by atoms with Gasteiger partial charge in [-0.15, -0.1) is 0 Å². The van der Waals surface area contributed by atoms with Crippen molar-refractivity contribution in [3.63, 3.8) is 0 Å². The molecule has 2 aromatic rings. The van der Waals surface area contributed by atoms with Crippen molar-refractivity contribution in [1.29, 1.82) is 0 Å². The fourth-order valence-electron chi connectivity index (χ4n) is 2.36. The second-order valence-corrected chi connectivity index (χ2v) is 6.10. The van der Waals surface area contributed by atoms with Gasteiger partial charge in [-0.25, -0.2) is 4.79 Å². The molecule has 1 aliphatic rings. The van der Waals surface area contributed by atoms with Gasteiger partial charge in [0.15, 0.2) is 6.61 Å². The van der Waals surface area contributed by atoms with Crippen LogP contribution >= 0.6 is 11.6 Å². The number of para-hydroxylation sites is 1. The van der Waals surface area contributed by atoms with E-state index < -0.39 is 17.8 Å². The third-order valence-corrected chi connectivity index (χ3v) is 3.92. The van der Waals surface area contributed by atoms with E-state index in [1.807, 2.05) is 16.7 Å². The highest BCUT2D eigenvalue weighted by atomic mass is 35.5. The highest BCUT2D eigenvalue weighted by molar-refractivity contribution is 6.33. The lowest BCUT2D eigenvalue weighted by molar-refractivity contribution is -0.124. The maximum atomic E-state index is 11.9. The predicted octanol–water partition coefficient (Wildman–Crippen LogP) is 2.11. The molecule has 1 aliphatic heterocycles. The lowest BCUT2D eigenvalue weighted by Crippen LogP contribution is -2.51. The topological polar surface area (TPSA) is 114 Å². The lowest BCUT2D eigenvalue weighted by Gasteiger charge is -2.14. The zero-order chi connectivity index (χ0) is 20.1. The monoisotopic (exact) mass is 399 g/mol. The number of imide groups is 2. The number of nitrogens with one attached hydrogen (secondary N) is 3. The molecule has 3 rings (SSSR count). The van der Waals surface area contributed by atoms with Crippen LogP contribution in [0.5, 0.6) is 5.75 Å². The normalized spacial score (nSPS) is 13.5. The lowest BCUT2D eigenvalue weighted by atomic mass is 10.1. The Morgan fingerprint density at radius 1 is 1.04 bits per heavy atom. The second-order valence-electron chi connectivity index (χ2n) is 5.69. The van der Waals surface area contributed by atoms with Crippen LogP contribution in [0.15, 0.2) is 54.1 Å². The molecule has 9 heteroatoms.